The summed E-state index contributed by atoms with van der Waals surface area (Å²) in [6.07, 6.45) is -4.35. The van der Waals surface area contributed by atoms with Gasteiger partial charge in [-0.3, -0.25) is 0 Å². The van der Waals surface area contributed by atoms with Gasteiger partial charge in [-0.25, -0.2) is 0 Å². The van der Waals surface area contributed by atoms with Crippen molar-refractivity contribution in [3.8, 4) is 0 Å². The van der Waals surface area contributed by atoms with Crippen LogP contribution in [0, 0.1) is 0 Å². The Morgan fingerprint density at radius 3 is 2.04 bits per heavy atom. The van der Waals surface area contributed by atoms with Gasteiger partial charge < -0.3 is 15.1 Å². The van der Waals surface area contributed by atoms with Crippen molar-refractivity contribution in [2.24, 2.45) is 0 Å². The van der Waals surface area contributed by atoms with Gasteiger partial charge in [-0.05, 0) is 63.5 Å². The molecule has 0 saturated heterocycles. The van der Waals surface area contributed by atoms with E-state index in [4.69, 9.17) is 4.65 Å². The quantitative estimate of drug-likeness (QED) is 0.761. The Bertz CT molecular complexity index is 738. The summed E-state index contributed by atoms with van der Waals surface area (Å²) >= 11 is 0. The van der Waals surface area contributed by atoms with Crippen molar-refractivity contribution in [2.45, 2.75) is 45.1 Å². The van der Waals surface area contributed by atoms with Crippen LogP contribution in [-0.2, 0) is 10.8 Å². The molecule has 0 bridgehead atoms. The summed E-state index contributed by atoms with van der Waals surface area (Å²) in [6.45, 7) is 6.97. The fourth-order valence-corrected chi connectivity index (χ4v) is 2.10. The third kappa shape index (κ3) is 5.02. The van der Waals surface area contributed by atoms with Crippen molar-refractivity contribution in [1.82, 2.24) is 0 Å². The normalized spacial score (nSPS) is 12.8. The summed E-state index contributed by atoms with van der Waals surface area (Å²) < 4.78 is 43.9. The molecule has 0 aliphatic heterocycles. The van der Waals surface area contributed by atoms with Crippen LogP contribution < -0.4 is 10.8 Å². The lowest BCUT2D eigenvalue weighted by Gasteiger charge is -2.37. The van der Waals surface area contributed by atoms with E-state index in [1.807, 2.05) is 24.3 Å². The summed E-state index contributed by atoms with van der Waals surface area (Å²) in [4.78, 5) is 0. The van der Waals surface area contributed by atoms with Crippen molar-refractivity contribution in [3.05, 3.63) is 54.1 Å². The Labute approximate surface area is 152 Å². The molecule has 0 aliphatic carbocycles. The first-order chi connectivity index (χ1) is 11.9. The molecule has 0 aromatic heterocycles. The minimum Gasteiger partial charge on any atom is -0.427 e. The van der Waals surface area contributed by atoms with Crippen LogP contribution >= 0.6 is 0 Å². The highest BCUT2D eigenvalue weighted by Crippen LogP contribution is 2.30. The summed E-state index contributed by atoms with van der Waals surface area (Å²) in [6, 6.07) is 12.2. The molecule has 0 atom stereocenters. The third-order valence-electron chi connectivity index (χ3n) is 4.57. The summed E-state index contributed by atoms with van der Waals surface area (Å²) in [7, 11) is 0.251. The molecule has 0 aliphatic rings. The third-order valence-corrected chi connectivity index (χ3v) is 4.57. The van der Waals surface area contributed by atoms with Crippen LogP contribution in [0.4, 0.5) is 24.5 Å². The fraction of sp³-hybridized carbons (Fsp3) is 0.368. The predicted octanol–water partition coefficient (Wildman–Crippen LogP) is 3.99. The molecule has 0 saturated carbocycles. The summed E-state index contributed by atoms with van der Waals surface area (Å²) in [5.41, 5.74) is -0.362. The minimum atomic E-state index is -4.35. The van der Waals surface area contributed by atoms with Crippen LogP contribution in [0.5, 0.6) is 0 Å². The number of anilines is 2. The van der Waals surface area contributed by atoms with Gasteiger partial charge in [-0.1, -0.05) is 18.2 Å². The number of rotatable bonds is 6. The number of nitrogens with one attached hydrogen (secondary N) is 1. The second kappa shape index (κ2) is 7.33. The van der Waals surface area contributed by atoms with E-state index in [2.05, 4.69) is 5.32 Å². The zero-order valence-corrected chi connectivity index (χ0v) is 15.3. The van der Waals surface area contributed by atoms with Gasteiger partial charge in [0.25, 0.3) is 0 Å². The smallest absolute Gasteiger partial charge is 0.416 e. The number of hydrogen-bond donors (Lipinski definition) is 2. The second-order valence-electron chi connectivity index (χ2n) is 7.22. The maximum absolute atomic E-state index is 12.7. The van der Waals surface area contributed by atoms with Crippen molar-refractivity contribution in [1.29, 1.82) is 0 Å². The van der Waals surface area contributed by atoms with E-state index in [-0.39, 0.29) is 7.48 Å². The standard InChI is InChI=1S/C19H23BF3NO2/c1-17(2,25)18(3,4)26-20-15-7-5-6-8-16(15)24-14-11-9-13(10-12-14)19(21,22)23/h5-12,20,24-25H,1-4H3. The molecule has 0 fully saturated rings. The minimum absolute atomic E-state index is 0.251. The Morgan fingerprint density at radius 1 is 0.923 bits per heavy atom. The van der Waals surface area contributed by atoms with E-state index >= 15 is 0 Å². The van der Waals surface area contributed by atoms with Crippen molar-refractivity contribution in [2.75, 3.05) is 5.32 Å². The predicted molar refractivity (Wildman–Crippen MR) is 99.4 cm³/mol. The van der Waals surface area contributed by atoms with Crippen molar-refractivity contribution in [3.63, 3.8) is 0 Å². The number of halogens is 3. The van der Waals surface area contributed by atoms with E-state index in [0.717, 1.165) is 23.3 Å². The Hall–Kier alpha value is -1.99. The number of benzene rings is 2. The monoisotopic (exact) mass is 365 g/mol. The SMILES string of the molecule is CC(C)(O)C(C)(C)OBc1ccccc1Nc1ccc(C(F)(F)F)cc1. The highest BCUT2D eigenvalue weighted by Gasteiger charge is 2.35. The molecule has 26 heavy (non-hydrogen) atoms. The molecule has 0 spiro atoms. The zero-order valence-electron chi connectivity index (χ0n) is 15.3. The molecule has 0 unspecified atom stereocenters. The average molecular weight is 365 g/mol. The van der Waals surface area contributed by atoms with E-state index in [1.54, 1.807) is 27.7 Å². The van der Waals surface area contributed by atoms with Gasteiger partial charge >= 0.3 is 13.7 Å². The number of aliphatic hydroxyl groups is 1. The van der Waals surface area contributed by atoms with Gasteiger partial charge in [0.15, 0.2) is 0 Å². The van der Waals surface area contributed by atoms with Crippen LogP contribution in [0.3, 0.4) is 0 Å². The molecule has 2 rings (SSSR count). The molecule has 7 heteroatoms. The maximum Gasteiger partial charge on any atom is 0.416 e. The first kappa shape index (κ1) is 20.3. The lowest BCUT2D eigenvalue weighted by atomic mass is 9.81. The molecule has 2 N–H and O–H groups in total. The number of alkyl halides is 3. The maximum atomic E-state index is 12.7. The van der Waals surface area contributed by atoms with Gasteiger partial charge in [-0.2, -0.15) is 13.2 Å². The molecule has 0 heterocycles. The van der Waals surface area contributed by atoms with Crippen LogP contribution in [0.2, 0.25) is 0 Å². The summed E-state index contributed by atoms with van der Waals surface area (Å²) in [5, 5.41) is 13.3. The molecule has 0 amide bonds. The van der Waals surface area contributed by atoms with Gasteiger partial charge in [-0.15, -0.1) is 0 Å². The van der Waals surface area contributed by atoms with E-state index in [9.17, 15) is 18.3 Å². The lowest BCUT2D eigenvalue weighted by Crippen LogP contribution is -2.49. The lowest BCUT2D eigenvalue weighted by molar-refractivity contribution is -0.137. The van der Waals surface area contributed by atoms with Gasteiger partial charge in [0.2, 0.25) is 0 Å². The van der Waals surface area contributed by atoms with Gasteiger partial charge in [0, 0.05) is 11.4 Å². The largest absolute Gasteiger partial charge is 0.427 e. The van der Waals surface area contributed by atoms with Crippen LogP contribution in [0.1, 0.15) is 33.3 Å². The van der Waals surface area contributed by atoms with Crippen LogP contribution in [-0.4, -0.2) is 23.8 Å². The highest BCUT2D eigenvalue weighted by molar-refractivity contribution is 6.49. The van der Waals surface area contributed by atoms with Gasteiger partial charge in [0.05, 0.1) is 16.8 Å². The molecule has 2 aromatic carbocycles. The molecule has 3 nitrogen and oxygen atoms in total. The van der Waals surface area contributed by atoms with E-state index in [0.29, 0.717) is 5.69 Å². The Kier molecular flexibility index (Phi) is 5.73. The van der Waals surface area contributed by atoms with Crippen LogP contribution in [0.25, 0.3) is 0 Å². The van der Waals surface area contributed by atoms with Crippen molar-refractivity contribution >= 4 is 24.3 Å². The topological polar surface area (TPSA) is 41.5 Å². The molecule has 2 aromatic rings. The molecule has 140 valence electrons. The van der Waals surface area contributed by atoms with Crippen LogP contribution in [0.15, 0.2) is 48.5 Å². The summed E-state index contributed by atoms with van der Waals surface area (Å²) in [5.74, 6) is 0. The zero-order chi connectivity index (χ0) is 19.6. The number of hydrogen-bond acceptors (Lipinski definition) is 3. The highest BCUT2D eigenvalue weighted by atomic mass is 19.4. The Balaban J connectivity index is 2.14. The van der Waals surface area contributed by atoms with E-state index in [1.165, 1.54) is 12.1 Å². The average Bonchev–Trinajstić information content (AvgIpc) is 2.53. The van der Waals surface area contributed by atoms with E-state index < -0.39 is 22.9 Å². The first-order valence-corrected chi connectivity index (χ1v) is 8.29. The second-order valence-corrected chi connectivity index (χ2v) is 7.22. The molecular formula is C19H23BF3NO2. The van der Waals surface area contributed by atoms with Gasteiger partial charge in [0.1, 0.15) is 0 Å². The first-order valence-electron chi connectivity index (χ1n) is 8.29. The molecular weight excluding hydrogens is 342 g/mol. The fourth-order valence-electron chi connectivity index (χ4n) is 2.10. The molecule has 0 radical (unpaired) electrons. The number of para-hydroxylation sites is 1. The van der Waals surface area contributed by atoms with Crippen molar-refractivity contribution < 1.29 is 22.9 Å². The Morgan fingerprint density at radius 2 is 1.50 bits per heavy atom.